The lowest BCUT2D eigenvalue weighted by Crippen LogP contribution is -2.33. The largest absolute Gasteiger partial charge is 0.455 e. The van der Waals surface area contributed by atoms with Crippen LogP contribution in [0.3, 0.4) is 0 Å². The van der Waals surface area contributed by atoms with Gasteiger partial charge in [0.2, 0.25) is 0 Å². The normalized spacial score (nSPS) is 10.7. The van der Waals surface area contributed by atoms with Gasteiger partial charge in [0, 0.05) is 0 Å². The van der Waals surface area contributed by atoms with Gasteiger partial charge in [-0.3, -0.25) is 4.79 Å². The average Bonchev–Trinajstić information content (AvgIpc) is 2.34. The van der Waals surface area contributed by atoms with E-state index >= 15 is 0 Å². The predicted octanol–water partition coefficient (Wildman–Crippen LogP) is 1.64. The van der Waals surface area contributed by atoms with Crippen molar-refractivity contribution in [3.05, 3.63) is 35.9 Å². The van der Waals surface area contributed by atoms with Crippen molar-refractivity contribution in [2.24, 2.45) is 0 Å². The molecule has 19 heavy (non-hydrogen) atoms. The first kappa shape index (κ1) is 14.9. The molecule has 0 amide bonds. The molecule has 0 fully saturated rings. The summed E-state index contributed by atoms with van der Waals surface area (Å²) in [6, 6.07) is 8.85. The van der Waals surface area contributed by atoms with Gasteiger partial charge in [0.05, 0.1) is 0 Å². The molecule has 0 aliphatic rings. The Hall–Kier alpha value is -2.17. The molecule has 0 aliphatic heterocycles. The minimum Gasteiger partial charge on any atom is -0.455 e. The second kappa shape index (κ2) is 6.13. The third-order valence-corrected chi connectivity index (χ3v) is 1.98. The molecule has 0 unspecified atom stereocenters. The summed E-state index contributed by atoms with van der Waals surface area (Å²) < 4.78 is 9.52. The van der Waals surface area contributed by atoms with Crippen LogP contribution in [0.15, 0.2) is 30.3 Å². The maximum Gasteiger partial charge on any atom is 0.387 e. The van der Waals surface area contributed by atoms with Crippen LogP contribution in [0, 0.1) is 0 Å². The van der Waals surface area contributed by atoms with Crippen LogP contribution in [-0.4, -0.2) is 23.3 Å². The quantitative estimate of drug-likeness (QED) is 0.469. The second-order valence-electron chi connectivity index (χ2n) is 4.89. The highest BCUT2D eigenvalue weighted by molar-refractivity contribution is 6.60. The van der Waals surface area contributed by atoms with Crippen molar-refractivity contribution in [3.8, 4) is 0 Å². The Labute approximate surface area is 111 Å². The Morgan fingerprint density at radius 3 is 2.11 bits per heavy atom. The zero-order valence-electron chi connectivity index (χ0n) is 11.1. The van der Waals surface area contributed by atoms with Gasteiger partial charge >= 0.3 is 17.7 Å². The first-order chi connectivity index (χ1) is 8.79. The second-order valence-corrected chi connectivity index (χ2v) is 4.89. The molecule has 5 heteroatoms. The number of carbonyl (C=O) groups is 3. The molecule has 1 rings (SSSR count). The van der Waals surface area contributed by atoms with Gasteiger partial charge in [-0.25, -0.2) is 9.59 Å². The number of Topliss-reactive ketones (excluding diaryl/α,β-unsaturated/α-hetero) is 1. The standard InChI is InChI=1S/C14H16O5/c1-14(2,3)19-13(17)11(15)12(16)18-9-10-7-5-4-6-8-10/h4-8H,9H2,1-3H3. The van der Waals surface area contributed by atoms with Gasteiger partial charge in [0.15, 0.2) is 0 Å². The molecule has 0 saturated carbocycles. The zero-order chi connectivity index (χ0) is 14.5. The van der Waals surface area contributed by atoms with Crippen LogP contribution in [0.25, 0.3) is 0 Å². The number of ether oxygens (including phenoxy) is 2. The van der Waals surface area contributed by atoms with Crippen LogP contribution < -0.4 is 0 Å². The monoisotopic (exact) mass is 264 g/mol. The van der Waals surface area contributed by atoms with Crippen molar-refractivity contribution >= 4 is 17.7 Å². The number of rotatable bonds is 4. The van der Waals surface area contributed by atoms with Crippen LogP contribution in [0.4, 0.5) is 0 Å². The summed E-state index contributed by atoms with van der Waals surface area (Å²) >= 11 is 0. The number of hydrogen-bond donors (Lipinski definition) is 0. The minimum atomic E-state index is -1.30. The molecule has 0 saturated heterocycles. The smallest absolute Gasteiger partial charge is 0.387 e. The third kappa shape index (κ3) is 5.33. The van der Waals surface area contributed by atoms with Crippen LogP contribution in [0.5, 0.6) is 0 Å². The molecule has 102 valence electrons. The van der Waals surface area contributed by atoms with Crippen molar-refractivity contribution in [2.45, 2.75) is 33.0 Å². The number of benzene rings is 1. The molecule has 0 bridgehead atoms. The molecule has 0 N–H and O–H groups in total. The Balaban J connectivity index is 2.50. The number of esters is 2. The Morgan fingerprint density at radius 2 is 1.58 bits per heavy atom. The van der Waals surface area contributed by atoms with Crippen LogP contribution in [-0.2, 0) is 30.5 Å². The van der Waals surface area contributed by atoms with Gasteiger partial charge in [0.25, 0.3) is 0 Å². The third-order valence-electron chi connectivity index (χ3n) is 1.98. The van der Waals surface area contributed by atoms with Crippen LogP contribution in [0.1, 0.15) is 26.3 Å². The van der Waals surface area contributed by atoms with Gasteiger partial charge in [-0.15, -0.1) is 0 Å². The van der Waals surface area contributed by atoms with Crippen molar-refractivity contribution < 1.29 is 23.9 Å². The number of hydrogen-bond acceptors (Lipinski definition) is 5. The molecule has 0 atom stereocenters. The summed E-state index contributed by atoms with van der Waals surface area (Å²) in [5.41, 5.74) is -0.0975. The SMILES string of the molecule is CC(C)(C)OC(=O)C(=O)C(=O)OCc1ccccc1. The first-order valence-corrected chi connectivity index (χ1v) is 5.78. The minimum absolute atomic E-state index is 0.0613. The molecule has 0 radical (unpaired) electrons. The van der Waals surface area contributed by atoms with E-state index in [0.29, 0.717) is 0 Å². The molecule has 1 aromatic carbocycles. The fraction of sp³-hybridized carbons (Fsp3) is 0.357. The maximum atomic E-state index is 11.4. The van der Waals surface area contributed by atoms with E-state index in [2.05, 4.69) is 0 Å². The highest BCUT2D eigenvalue weighted by Gasteiger charge is 2.29. The van der Waals surface area contributed by atoms with E-state index in [1.54, 1.807) is 45.0 Å². The molecule has 1 aromatic rings. The maximum absolute atomic E-state index is 11.4. The summed E-state index contributed by atoms with van der Waals surface area (Å²) in [4.78, 5) is 34.1. The van der Waals surface area contributed by atoms with Crippen molar-refractivity contribution in [1.29, 1.82) is 0 Å². The van der Waals surface area contributed by atoms with Gasteiger partial charge < -0.3 is 9.47 Å². The first-order valence-electron chi connectivity index (χ1n) is 5.78. The molecule has 5 nitrogen and oxygen atoms in total. The molecular formula is C14H16O5. The number of ketones is 1. The average molecular weight is 264 g/mol. The molecular weight excluding hydrogens is 248 g/mol. The lowest BCUT2D eigenvalue weighted by molar-refractivity contribution is -0.170. The van der Waals surface area contributed by atoms with Gasteiger partial charge in [-0.05, 0) is 26.3 Å². The van der Waals surface area contributed by atoms with Crippen molar-refractivity contribution in [1.82, 2.24) is 0 Å². The van der Waals surface area contributed by atoms with E-state index in [0.717, 1.165) is 5.56 Å². The molecule has 0 spiro atoms. The topological polar surface area (TPSA) is 69.7 Å². The van der Waals surface area contributed by atoms with Crippen LogP contribution in [0.2, 0.25) is 0 Å². The summed E-state index contributed by atoms with van der Waals surface area (Å²) in [5.74, 6) is -3.71. The van der Waals surface area contributed by atoms with Crippen LogP contribution >= 0.6 is 0 Å². The van der Waals surface area contributed by atoms with E-state index in [1.807, 2.05) is 6.07 Å². The van der Waals surface area contributed by atoms with E-state index in [-0.39, 0.29) is 6.61 Å². The molecule has 0 aromatic heterocycles. The summed E-state index contributed by atoms with van der Waals surface area (Å²) in [6.45, 7) is 4.75. The fourth-order valence-corrected chi connectivity index (χ4v) is 1.20. The highest BCUT2D eigenvalue weighted by Crippen LogP contribution is 2.08. The van der Waals surface area contributed by atoms with Gasteiger partial charge in [-0.1, -0.05) is 30.3 Å². The zero-order valence-corrected chi connectivity index (χ0v) is 11.1. The Kier molecular flexibility index (Phi) is 4.80. The van der Waals surface area contributed by atoms with Gasteiger partial charge in [-0.2, -0.15) is 0 Å². The van der Waals surface area contributed by atoms with E-state index in [4.69, 9.17) is 9.47 Å². The Morgan fingerprint density at radius 1 is 1.00 bits per heavy atom. The van der Waals surface area contributed by atoms with E-state index in [1.165, 1.54) is 0 Å². The number of carbonyl (C=O) groups excluding carboxylic acids is 3. The summed E-state index contributed by atoms with van der Waals surface area (Å²) in [7, 11) is 0. The summed E-state index contributed by atoms with van der Waals surface area (Å²) in [5, 5.41) is 0. The Bertz CT molecular complexity index is 470. The molecule has 0 heterocycles. The van der Waals surface area contributed by atoms with Crippen molar-refractivity contribution in [3.63, 3.8) is 0 Å². The van der Waals surface area contributed by atoms with E-state index in [9.17, 15) is 14.4 Å². The summed E-state index contributed by atoms with van der Waals surface area (Å²) in [6.07, 6.45) is 0. The molecule has 0 aliphatic carbocycles. The lowest BCUT2D eigenvalue weighted by Gasteiger charge is -2.18. The van der Waals surface area contributed by atoms with E-state index < -0.39 is 23.3 Å². The lowest BCUT2D eigenvalue weighted by atomic mass is 10.2. The van der Waals surface area contributed by atoms with Crippen molar-refractivity contribution in [2.75, 3.05) is 0 Å². The van der Waals surface area contributed by atoms with Gasteiger partial charge in [0.1, 0.15) is 12.2 Å². The predicted molar refractivity (Wildman–Crippen MR) is 67.1 cm³/mol. The highest BCUT2D eigenvalue weighted by atomic mass is 16.6. The fourth-order valence-electron chi connectivity index (χ4n) is 1.20.